The van der Waals surface area contributed by atoms with E-state index < -0.39 is 42.6 Å². The normalized spacial score (nSPS) is 17.8. The van der Waals surface area contributed by atoms with Crippen LogP contribution in [-0.4, -0.2) is 40.5 Å². The molecular formula is C16H14ClF4N5O2. The molecule has 0 saturated carbocycles. The molecule has 0 radical (unpaired) electrons. The average molecular weight is 420 g/mol. The van der Waals surface area contributed by atoms with E-state index in [4.69, 9.17) is 11.6 Å². The zero-order valence-corrected chi connectivity index (χ0v) is 14.8. The molecule has 1 saturated heterocycles. The summed E-state index contributed by atoms with van der Waals surface area (Å²) >= 11 is 5.79. The van der Waals surface area contributed by atoms with E-state index in [0.29, 0.717) is 10.2 Å². The Balaban J connectivity index is 1.89. The Bertz CT molecular complexity index is 901. The molecule has 150 valence electrons. The van der Waals surface area contributed by atoms with Crippen molar-refractivity contribution in [2.45, 2.75) is 24.8 Å². The number of hydrogen-bond acceptors (Lipinski definition) is 3. The van der Waals surface area contributed by atoms with Gasteiger partial charge in [0.15, 0.2) is 0 Å². The van der Waals surface area contributed by atoms with Crippen LogP contribution in [0.2, 0.25) is 5.02 Å². The first kappa shape index (κ1) is 19.9. The third-order valence-corrected chi connectivity index (χ3v) is 4.24. The Morgan fingerprint density at radius 3 is 2.75 bits per heavy atom. The Morgan fingerprint density at radius 1 is 1.39 bits per heavy atom. The third-order valence-electron chi connectivity index (χ3n) is 3.95. The number of carbonyl (C=O) groups is 2. The molecule has 1 aromatic carbocycles. The van der Waals surface area contributed by atoms with Crippen LogP contribution in [0.3, 0.4) is 0 Å². The standard InChI is InChI=1S/C16H14ClF4N5O2/c17-9-5-8(1-2-10(9)18)13(24-14(27)12-6-22-15(28)23-12)11-3-4-26(25-11)7-16(19,20)21/h1-5,12-13H,6-7H2,(H,24,27)(H2,22,23,28)/t12-,13-/m0/s1. The van der Waals surface area contributed by atoms with Gasteiger partial charge in [-0.3, -0.25) is 9.48 Å². The Kier molecular flexibility index (Phi) is 5.45. The number of nitrogens with one attached hydrogen (secondary N) is 3. The number of urea groups is 1. The summed E-state index contributed by atoms with van der Waals surface area (Å²) in [5.41, 5.74) is 0.409. The second kappa shape index (κ2) is 7.66. The molecule has 3 N–H and O–H groups in total. The molecule has 3 amide bonds. The van der Waals surface area contributed by atoms with Crippen molar-refractivity contribution in [1.29, 1.82) is 0 Å². The number of rotatable bonds is 5. The lowest BCUT2D eigenvalue weighted by Crippen LogP contribution is -2.44. The lowest BCUT2D eigenvalue weighted by Gasteiger charge is -2.20. The molecule has 2 heterocycles. The maximum absolute atomic E-state index is 13.5. The maximum atomic E-state index is 13.5. The summed E-state index contributed by atoms with van der Waals surface area (Å²) in [4.78, 5) is 23.7. The smallest absolute Gasteiger partial charge is 0.342 e. The number of hydrogen-bond donors (Lipinski definition) is 3. The summed E-state index contributed by atoms with van der Waals surface area (Å²) in [6.45, 7) is -1.26. The second-order valence-corrected chi connectivity index (χ2v) is 6.48. The summed E-state index contributed by atoms with van der Waals surface area (Å²) in [6, 6.07) is 2.56. The number of nitrogens with zero attached hydrogens (tertiary/aromatic N) is 2. The van der Waals surface area contributed by atoms with Crippen molar-refractivity contribution in [2.75, 3.05) is 6.54 Å². The van der Waals surface area contributed by atoms with Gasteiger partial charge in [0.05, 0.1) is 16.8 Å². The van der Waals surface area contributed by atoms with Gasteiger partial charge in [0, 0.05) is 12.7 Å². The molecule has 0 unspecified atom stereocenters. The Hall–Kier alpha value is -2.82. The number of halogens is 5. The largest absolute Gasteiger partial charge is 0.408 e. The molecule has 1 aliphatic rings. The summed E-state index contributed by atoms with van der Waals surface area (Å²) in [7, 11) is 0. The Labute approximate surface area is 161 Å². The van der Waals surface area contributed by atoms with E-state index in [1.807, 2.05) is 0 Å². The quantitative estimate of drug-likeness (QED) is 0.649. The first-order valence-electron chi connectivity index (χ1n) is 8.02. The number of benzene rings is 1. The van der Waals surface area contributed by atoms with Crippen LogP contribution in [0.4, 0.5) is 22.4 Å². The van der Waals surface area contributed by atoms with Gasteiger partial charge in [0.1, 0.15) is 18.4 Å². The zero-order valence-electron chi connectivity index (χ0n) is 14.1. The van der Waals surface area contributed by atoms with Gasteiger partial charge in [-0.1, -0.05) is 17.7 Å². The molecule has 1 fully saturated rings. The molecule has 1 aliphatic heterocycles. The van der Waals surface area contributed by atoms with E-state index in [9.17, 15) is 27.2 Å². The van der Waals surface area contributed by atoms with Gasteiger partial charge in [0.2, 0.25) is 5.91 Å². The predicted molar refractivity (Wildman–Crippen MR) is 90.0 cm³/mol. The van der Waals surface area contributed by atoms with E-state index in [1.165, 1.54) is 18.2 Å². The van der Waals surface area contributed by atoms with E-state index in [-0.39, 0.29) is 17.3 Å². The Morgan fingerprint density at radius 2 is 2.14 bits per heavy atom. The lowest BCUT2D eigenvalue weighted by molar-refractivity contribution is -0.142. The van der Waals surface area contributed by atoms with Crippen LogP contribution in [0.1, 0.15) is 17.3 Å². The molecule has 3 rings (SSSR count). The number of carbonyl (C=O) groups excluding carboxylic acids is 2. The van der Waals surface area contributed by atoms with Crippen molar-refractivity contribution in [3.8, 4) is 0 Å². The van der Waals surface area contributed by atoms with Crippen LogP contribution in [0.25, 0.3) is 0 Å². The van der Waals surface area contributed by atoms with Crippen molar-refractivity contribution in [3.63, 3.8) is 0 Å². The molecule has 2 atom stereocenters. The van der Waals surface area contributed by atoms with Gasteiger partial charge in [0.25, 0.3) is 0 Å². The maximum Gasteiger partial charge on any atom is 0.408 e. The summed E-state index contributed by atoms with van der Waals surface area (Å²) in [5, 5.41) is 11.1. The topological polar surface area (TPSA) is 88.1 Å². The molecule has 0 aliphatic carbocycles. The number of aromatic nitrogens is 2. The highest BCUT2D eigenvalue weighted by Crippen LogP contribution is 2.26. The van der Waals surface area contributed by atoms with Gasteiger partial charge in [-0.05, 0) is 23.8 Å². The highest BCUT2D eigenvalue weighted by Gasteiger charge is 2.31. The van der Waals surface area contributed by atoms with E-state index >= 15 is 0 Å². The first-order chi connectivity index (χ1) is 13.1. The fourth-order valence-electron chi connectivity index (χ4n) is 2.68. The second-order valence-electron chi connectivity index (χ2n) is 6.08. The van der Waals surface area contributed by atoms with Crippen LogP contribution in [0.15, 0.2) is 30.5 Å². The van der Waals surface area contributed by atoms with Crippen molar-refractivity contribution >= 4 is 23.5 Å². The van der Waals surface area contributed by atoms with Gasteiger partial charge >= 0.3 is 12.2 Å². The van der Waals surface area contributed by atoms with Crippen molar-refractivity contribution < 1.29 is 27.2 Å². The minimum atomic E-state index is -4.47. The SMILES string of the molecule is O=C1NC[C@@H](C(=O)N[C@@H](c2ccc(F)c(Cl)c2)c2ccn(CC(F)(F)F)n2)N1. The minimum absolute atomic E-state index is 0.0457. The van der Waals surface area contributed by atoms with E-state index in [1.54, 1.807) is 0 Å². The van der Waals surface area contributed by atoms with Crippen LogP contribution in [-0.2, 0) is 11.3 Å². The molecule has 28 heavy (non-hydrogen) atoms. The van der Waals surface area contributed by atoms with Crippen LogP contribution in [0.5, 0.6) is 0 Å². The average Bonchev–Trinajstić information content (AvgIpc) is 3.23. The van der Waals surface area contributed by atoms with Crippen LogP contribution < -0.4 is 16.0 Å². The summed E-state index contributed by atoms with van der Waals surface area (Å²) in [6.07, 6.45) is -3.35. The number of amides is 3. The van der Waals surface area contributed by atoms with E-state index in [2.05, 4.69) is 21.0 Å². The monoisotopic (exact) mass is 419 g/mol. The van der Waals surface area contributed by atoms with Crippen molar-refractivity contribution in [2.24, 2.45) is 0 Å². The molecule has 7 nitrogen and oxygen atoms in total. The molecular weight excluding hydrogens is 406 g/mol. The van der Waals surface area contributed by atoms with E-state index in [0.717, 1.165) is 12.3 Å². The van der Waals surface area contributed by atoms with Crippen LogP contribution >= 0.6 is 11.6 Å². The van der Waals surface area contributed by atoms with Crippen molar-refractivity contribution in [3.05, 3.63) is 52.6 Å². The summed E-state index contributed by atoms with van der Waals surface area (Å²) in [5.74, 6) is -1.28. The highest BCUT2D eigenvalue weighted by molar-refractivity contribution is 6.30. The molecule has 0 spiro atoms. The third kappa shape index (κ3) is 4.71. The first-order valence-corrected chi connectivity index (χ1v) is 8.40. The predicted octanol–water partition coefficient (Wildman–Crippen LogP) is 2.12. The zero-order chi connectivity index (χ0) is 20.5. The molecule has 0 bridgehead atoms. The number of alkyl halides is 3. The van der Waals surface area contributed by atoms with Crippen LogP contribution in [0, 0.1) is 5.82 Å². The van der Waals surface area contributed by atoms with Crippen molar-refractivity contribution in [1.82, 2.24) is 25.7 Å². The van der Waals surface area contributed by atoms with Gasteiger partial charge < -0.3 is 16.0 Å². The molecule has 2 aromatic rings. The fraction of sp³-hybridized carbons (Fsp3) is 0.312. The van der Waals surface area contributed by atoms with Gasteiger partial charge in [-0.25, -0.2) is 9.18 Å². The fourth-order valence-corrected chi connectivity index (χ4v) is 2.87. The highest BCUT2D eigenvalue weighted by atomic mass is 35.5. The lowest BCUT2D eigenvalue weighted by atomic mass is 10.0. The van der Waals surface area contributed by atoms with Gasteiger partial charge in [-0.2, -0.15) is 18.3 Å². The molecule has 1 aromatic heterocycles. The molecule has 12 heteroatoms. The van der Waals surface area contributed by atoms with Gasteiger partial charge in [-0.15, -0.1) is 0 Å². The summed E-state index contributed by atoms with van der Waals surface area (Å²) < 4.78 is 51.9. The minimum Gasteiger partial charge on any atom is -0.342 e.